The number of nitrogens with one attached hydrogen (secondary N) is 1. The molecule has 1 aromatic carbocycles. The molecular weight excluding hydrogens is 290 g/mol. The number of hydrogen-bond donors (Lipinski definition) is 1. The highest BCUT2D eigenvalue weighted by Gasteiger charge is 2.24. The number of carbonyl (C=O) groups excluding carboxylic acids is 2. The monoisotopic (exact) mass is 317 g/mol. The maximum atomic E-state index is 12.4. The van der Waals surface area contributed by atoms with Crippen LogP contribution in [0.2, 0.25) is 0 Å². The zero-order chi connectivity index (χ0) is 17.3. The van der Waals surface area contributed by atoms with Crippen LogP contribution >= 0.6 is 0 Å². The molecule has 0 bridgehead atoms. The largest absolute Gasteiger partial charge is 0.444 e. The van der Waals surface area contributed by atoms with Gasteiger partial charge in [0.15, 0.2) is 5.78 Å². The summed E-state index contributed by atoms with van der Waals surface area (Å²) >= 11 is 0. The molecule has 126 valence electrons. The van der Waals surface area contributed by atoms with E-state index in [2.05, 4.69) is 11.9 Å². The number of alkyl carbamates (subject to hydrolysis) is 1. The van der Waals surface area contributed by atoms with Crippen LogP contribution in [0.5, 0.6) is 0 Å². The molecule has 0 spiro atoms. The lowest BCUT2D eigenvalue weighted by molar-refractivity contribution is -0.121. The fraction of sp³-hybridized carbons (Fsp3) is 0.474. The molecule has 0 radical (unpaired) electrons. The summed E-state index contributed by atoms with van der Waals surface area (Å²) in [5.41, 5.74) is 0.415. The van der Waals surface area contributed by atoms with Crippen molar-refractivity contribution in [2.75, 3.05) is 0 Å². The molecule has 1 rings (SSSR count). The molecule has 23 heavy (non-hydrogen) atoms. The van der Waals surface area contributed by atoms with Crippen LogP contribution < -0.4 is 5.32 Å². The molecule has 0 unspecified atom stereocenters. The molecule has 0 aliphatic carbocycles. The minimum atomic E-state index is -0.590. The van der Waals surface area contributed by atoms with Crippen molar-refractivity contribution in [2.24, 2.45) is 0 Å². The van der Waals surface area contributed by atoms with Crippen molar-refractivity contribution < 1.29 is 14.3 Å². The number of Topliss-reactive ketones (excluding diaryl/α,β-unsaturated/α-hetero) is 1. The summed E-state index contributed by atoms with van der Waals surface area (Å²) in [5, 5.41) is 2.71. The van der Waals surface area contributed by atoms with Gasteiger partial charge in [0.2, 0.25) is 0 Å². The molecule has 0 saturated carbocycles. The normalized spacial score (nSPS) is 12.3. The fourth-order valence-corrected chi connectivity index (χ4v) is 2.14. The van der Waals surface area contributed by atoms with E-state index in [1.54, 1.807) is 26.8 Å². The number of hydrogen-bond acceptors (Lipinski definition) is 3. The molecule has 1 aromatic rings. The Kier molecular flexibility index (Phi) is 7.52. The van der Waals surface area contributed by atoms with Gasteiger partial charge in [0.1, 0.15) is 5.60 Å². The van der Waals surface area contributed by atoms with Gasteiger partial charge < -0.3 is 10.1 Å². The van der Waals surface area contributed by atoms with Crippen LogP contribution in [0.4, 0.5) is 4.79 Å². The Morgan fingerprint density at radius 2 is 1.91 bits per heavy atom. The average Bonchev–Trinajstić information content (AvgIpc) is 2.46. The number of amides is 1. The lowest BCUT2D eigenvalue weighted by Gasteiger charge is -2.23. The number of ketones is 1. The third-order valence-corrected chi connectivity index (χ3v) is 3.19. The highest BCUT2D eigenvalue weighted by Crippen LogP contribution is 2.11. The first kappa shape index (κ1) is 18.9. The van der Waals surface area contributed by atoms with Crippen LogP contribution in [0.15, 0.2) is 43.0 Å². The van der Waals surface area contributed by atoms with Gasteiger partial charge in [-0.05, 0) is 45.6 Å². The van der Waals surface area contributed by atoms with Crippen molar-refractivity contribution in [3.05, 3.63) is 48.6 Å². The summed E-state index contributed by atoms with van der Waals surface area (Å²) in [6, 6.07) is 9.08. The molecule has 0 aromatic heterocycles. The number of carbonyl (C=O) groups is 2. The zero-order valence-electron chi connectivity index (χ0n) is 14.3. The van der Waals surface area contributed by atoms with Gasteiger partial charge in [0, 0.05) is 6.42 Å². The second kappa shape index (κ2) is 9.13. The molecular formula is C19H27NO3. The van der Waals surface area contributed by atoms with E-state index in [-0.39, 0.29) is 5.78 Å². The van der Waals surface area contributed by atoms with Gasteiger partial charge in [-0.15, -0.1) is 6.58 Å². The van der Waals surface area contributed by atoms with Gasteiger partial charge in [0.25, 0.3) is 0 Å². The number of allylic oxidation sites excluding steroid dienone is 1. The second-order valence-corrected chi connectivity index (χ2v) is 6.54. The maximum Gasteiger partial charge on any atom is 0.408 e. The molecule has 1 atom stereocenters. The number of rotatable bonds is 8. The van der Waals surface area contributed by atoms with Gasteiger partial charge in [-0.2, -0.15) is 0 Å². The predicted octanol–water partition coefficient (Wildman–Crippen LogP) is 4.05. The molecule has 0 aliphatic rings. The smallest absolute Gasteiger partial charge is 0.408 e. The van der Waals surface area contributed by atoms with Gasteiger partial charge in [0.05, 0.1) is 6.04 Å². The Morgan fingerprint density at radius 3 is 2.48 bits per heavy atom. The summed E-state index contributed by atoms with van der Waals surface area (Å²) in [5.74, 6) is 0.0153. The first-order valence-corrected chi connectivity index (χ1v) is 7.99. The van der Waals surface area contributed by atoms with E-state index < -0.39 is 17.7 Å². The van der Waals surface area contributed by atoms with E-state index >= 15 is 0 Å². The summed E-state index contributed by atoms with van der Waals surface area (Å²) in [6.45, 7) is 9.05. The first-order chi connectivity index (χ1) is 10.8. The van der Waals surface area contributed by atoms with Crippen LogP contribution in [0.1, 0.15) is 45.6 Å². The molecule has 0 heterocycles. The molecule has 4 nitrogen and oxygen atoms in total. The Bertz CT molecular complexity index is 517. The summed E-state index contributed by atoms with van der Waals surface area (Å²) in [7, 11) is 0. The zero-order valence-corrected chi connectivity index (χ0v) is 14.3. The van der Waals surface area contributed by atoms with Crippen molar-refractivity contribution >= 4 is 11.9 Å². The van der Waals surface area contributed by atoms with Crippen molar-refractivity contribution in [3.63, 3.8) is 0 Å². The number of ether oxygens (including phenoxy) is 1. The molecule has 4 heteroatoms. The van der Waals surface area contributed by atoms with Crippen molar-refractivity contribution in [1.82, 2.24) is 5.32 Å². The van der Waals surface area contributed by atoms with Crippen molar-refractivity contribution in [2.45, 2.75) is 58.1 Å². The van der Waals surface area contributed by atoms with E-state index in [0.717, 1.165) is 18.4 Å². The highest BCUT2D eigenvalue weighted by atomic mass is 16.6. The molecule has 0 saturated heterocycles. The quantitative estimate of drug-likeness (QED) is 0.581. The van der Waals surface area contributed by atoms with Gasteiger partial charge >= 0.3 is 6.09 Å². The highest BCUT2D eigenvalue weighted by molar-refractivity contribution is 5.87. The van der Waals surface area contributed by atoms with Crippen LogP contribution in [0, 0.1) is 0 Å². The maximum absolute atomic E-state index is 12.4. The minimum Gasteiger partial charge on any atom is -0.444 e. The Morgan fingerprint density at radius 1 is 1.26 bits per heavy atom. The van der Waals surface area contributed by atoms with E-state index in [1.807, 2.05) is 30.3 Å². The Hall–Kier alpha value is -2.10. The number of benzene rings is 1. The van der Waals surface area contributed by atoms with Gasteiger partial charge in [-0.1, -0.05) is 36.4 Å². The average molecular weight is 317 g/mol. The number of unbranched alkanes of at least 4 members (excludes halogenated alkanes) is 1. The molecule has 0 fully saturated rings. The molecule has 0 aliphatic heterocycles. The Balaban J connectivity index is 2.73. The van der Waals surface area contributed by atoms with E-state index in [0.29, 0.717) is 12.8 Å². The van der Waals surface area contributed by atoms with E-state index in [9.17, 15) is 9.59 Å². The lowest BCUT2D eigenvalue weighted by Crippen LogP contribution is -2.44. The SMILES string of the molecule is C=CCCCC(=O)[C@H](Cc1ccccc1)NC(=O)OC(C)(C)C. The topological polar surface area (TPSA) is 55.4 Å². The van der Waals surface area contributed by atoms with E-state index in [1.165, 1.54) is 0 Å². The molecule has 1 amide bonds. The summed E-state index contributed by atoms with van der Waals surface area (Å²) < 4.78 is 5.26. The summed E-state index contributed by atoms with van der Waals surface area (Å²) in [4.78, 5) is 24.4. The third kappa shape index (κ3) is 8.19. The fourth-order valence-electron chi connectivity index (χ4n) is 2.14. The van der Waals surface area contributed by atoms with Crippen LogP contribution in [0.25, 0.3) is 0 Å². The minimum absolute atomic E-state index is 0.0153. The summed E-state index contributed by atoms with van der Waals surface area (Å²) in [6.07, 6.45) is 3.64. The van der Waals surface area contributed by atoms with Crippen LogP contribution in [-0.4, -0.2) is 23.5 Å². The first-order valence-electron chi connectivity index (χ1n) is 7.99. The van der Waals surface area contributed by atoms with E-state index in [4.69, 9.17) is 4.74 Å². The predicted molar refractivity (Wildman–Crippen MR) is 92.4 cm³/mol. The van der Waals surface area contributed by atoms with Crippen molar-refractivity contribution in [3.8, 4) is 0 Å². The van der Waals surface area contributed by atoms with Gasteiger partial charge in [-0.25, -0.2) is 4.79 Å². The second-order valence-electron chi connectivity index (χ2n) is 6.54. The lowest BCUT2D eigenvalue weighted by atomic mass is 9.99. The van der Waals surface area contributed by atoms with Gasteiger partial charge in [-0.3, -0.25) is 4.79 Å². The van der Waals surface area contributed by atoms with Crippen LogP contribution in [-0.2, 0) is 16.0 Å². The van der Waals surface area contributed by atoms with Crippen molar-refractivity contribution in [1.29, 1.82) is 0 Å². The molecule has 1 N–H and O–H groups in total. The Labute approximate surface area is 138 Å². The standard InChI is InChI=1S/C19H27NO3/c1-5-6-8-13-17(21)16(14-15-11-9-7-10-12-15)20-18(22)23-19(2,3)4/h5,7,9-12,16H,1,6,8,13-14H2,2-4H3,(H,20,22)/t16-/m0/s1. The van der Waals surface area contributed by atoms with Crippen LogP contribution in [0.3, 0.4) is 0 Å². The third-order valence-electron chi connectivity index (χ3n) is 3.19.